The van der Waals surface area contributed by atoms with Gasteiger partial charge in [0.2, 0.25) is 5.89 Å². The topological polar surface area (TPSA) is 59.2 Å². The van der Waals surface area contributed by atoms with Crippen molar-refractivity contribution in [2.24, 2.45) is 0 Å². The fourth-order valence-electron chi connectivity index (χ4n) is 1.97. The Hall–Kier alpha value is -1.98. The second-order valence-corrected chi connectivity index (χ2v) is 5.52. The molecule has 3 aromatic rings. The monoisotopic (exact) mass is 286 g/mol. The Bertz CT molecular complexity index is 650. The number of aromatic nitrogens is 2. The van der Waals surface area contributed by atoms with Crippen LogP contribution in [0, 0.1) is 0 Å². The van der Waals surface area contributed by atoms with Crippen LogP contribution in [-0.4, -0.2) is 15.2 Å². The molecule has 0 aliphatic rings. The van der Waals surface area contributed by atoms with Gasteiger partial charge in [-0.25, -0.2) is 0 Å². The van der Waals surface area contributed by atoms with Crippen LogP contribution in [0.3, 0.4) is 0 Å². The van der Waals surface area contributed by atoms with Gasteiger partial charge in [0.1, 0.15) is 0 Å². The summed E-state index contributed by atoms with van der Waals surface area (Å²) in [5, 5.41) is 16.1. The van der Waals surface area contributed by atoms with Crippen molar-refractivity contribution < 1.29 is 9.63 Å². The SMILES string of the molecule is OC(Cc1nc(Cc2cccs2)no1)c1ccccc1. The number of nitrogens with zero attached hydrogens (tertiary/aromatic N) is 2. The van der Waals surface area contributed by atoms with Gasteiger partial charge < -0.3 is 9.63 Å². The third-order valence-corrected chi connectivity index (χ3v) is 3.85. The first kappa shape index (κ1) is 13.0. The summed E-state index contributed by atoms with van der Waals surface area (Å²) in [4.78, 5) is 5.51. The van der Waals surface area contributed by atoms with Crippen LogP contribution in [0.5, 0.6) is 0 Å². The molecule has 1 unspecified atom stereocenters. The molecule has 0 aliphatic heterocycles. The van der Waals surface area contributed by atoms with Crippen LogP contribution < -0.4 is 0 Å². The predicted octanol–water partition coefficient (Wildman–Crippen LogP) is 3.00. The maximum absolute atomic E-state index is 10.1. The lowest BCUT2D eigenvalue weighted by Gasteiger charge is -2.07. The van der Waals surface area contributed by atoms with Gasteiger partial charge in [-0.05, 0) is 17.0 Å². The lowest BCUT2D eigenvalue weighted by molar-refractivity contribution is 0.164. The van der Waals surface area contributed by atoms with E-state index in [-0.39, 0.29) is 0 Å². The van der Waals surface area contributed by atoms with E-state index in [0.29, 0.717) is 24.6 Å². The normalized spacial score (nSPS) is 12.4. The van der Waals surface area contributed by atoms with Gasteiger partial charge in [0.15, 0.2) is 5.82 Å². The molecule has 3 rings (SSSR count). The summed E-state index contributed by atoms with van der Waals surface area (Å²) in [7, 11) is 0. The van der Waals surface area contributed by atoms with Gasteiger partial charge >= 0.3 is 0 Å². The van der Waals surface area contributed by atoms with Gasteiger partial charge in [-0.1, -0.05) is 41.6 Å². The molecule has 2 aromatic heterocycles. The van der Waals surface area contributed by atoms with Crippen LogP contribution >= 0.6 is 11.3 Å². The van der Waals surface area contributed by atoms with E-state index in [0.717, 1.165) is 5.56 Å². The third kappa shape index (κ3) is 3.12. The van der Waals surface area contributed by atoms with Crippen molar-refractivity contribution in [1.82, 2.24) is 10.1 Å². The van der Waals surface area contributed by atoms with E-state index in [9.17, 15) is 5.11 Å². The fraction of sp³-hybridized carbons (Fsp3) is 0.200. The first-order valence-electron chi connectivity index (χ1n) is 6.38. The van der Waals surface area contributed by atoms with Crippen LogP contribution in [-0.2, 0) is 12.8 Å². The van der Waals surface area contributed by atoms with Gasteiger partial charge in [-0.15, -0.1) is 11.3 Å². The van der Waals surface area contributed by atoms with Crippen LogP contribution in [0.25, 0.3) is 0 Å². The van der Waals surface area contributed by atoms with Gasteiger partial charge in [-0.3, -0.25) is 0 Å². The Morgan fingerprint density at radius 1 is 1.15 bits per heavy atom. The molecule has 102 valence electrons. The summed E-state index contributed by atoms with van der Waals surface area (Å²) in [5.41, 5.74) is 0.852. The van der Waals surface area contributed by atoms with Crippen LogP contribution in [0.15, 0.2) is 52.4 Å². The molecule has 1 aromatic carbocycles. The highest BCUT2D eigenvalue weighted by atomic mass is 32.1. The summed E-state index contributed by atoms with van der Waals surface area (Å²) >= 11 is 1.67. The number of aliphatic hydroxyl groups excluding tert-OH is 1. The van der Waals surface area contributed by atoms with E-state index >= 15 is 0 Å². The van der Waals surface area contributed by atoms with Gasteiger partial charge in [0.05, 0.1) is 12.5 Å². The molecule has 0 saturated carbocycles. The third-order valence-electron chi connectivity index (χ3n) is 2.97. The molecular weight excluding hydrogens is 272 g/mol. The first-order chi connectivity index (χ1) is 9.81. The maximum atomic E-state index is 10.1. The molecule has 0 fully saturated rings. The fourth-order valence-corrected chi connectivity index (χ4v) is 2.67. The molecule has 2 heterocycles. The number of thiophene rings is 1. The van der Waals surface area contributed by atoms with Crippen molar-refractivity contribution in [3.05, 3.63) is 70.0 Å². The molecule has 0 radical (unpaired) electrons. The summed E-state index contributed by atoms with van der Waals surface area (Å²) in [6.07, 6.45) is 0.385. The van der Waals surface area contributed by atoms with Crippen molar-refractivity contribution in [2.45, 2.75) is 18.9 Å². The second-order valence-electron chi connectivity index (χ2n) is 4.49. The second kappa shape index (κ2) is 5.98. The van der Waals surface area contributed by atoms with Crippen molar-refractivity contribution in [3.63, 3.8) is 0 Å². The molecule has 4 nitrogen and oxygen atoms in total. The minimum Gasteiger partial charge on any atom is -0.388 e. The van der Waals surface area contributed by atoms with Crippen molar-refractivity contribution in [2.75, 3.05) is 0 Å². The van der Waals surface area contributed by atoms with E-state index in [4.69, 9.17) is 4.52 Å². The minimum absolute atomic E-state index is 0.335. The number of hydrogen-bond acceptors (Lipinski definition) is 5. The van der Waals surface area contributed by atoms with E-state index in [1.165, 1.54) is 4.88 Å². The quantitative estimate of drug-likeness (QED) is 0.783. The molecule has 5 heteroatoms. The average molecular weight is 286 g/mol. The molecule has 1 N–H and O–H groups in total. The summed E-state index contributed by atoms with van der Waals surface area (Å²) < 4.78 is 5.19. The first-order valence-corrected chi connectivity index (χ1v) is 7.26. The predicted molar refractivity (Wildman–Crippen MR) is 76.5 cm³/mol. The van der Waals surface area contributed by atoms with E-state index in [2.05, 4.69) is 10.1 Å². The largest absolute Gasteiger partial charge is 0.388 e. The Morgan fingerprint density at radius 2 is 2.00 bits per heavy atom. The number of benzene rings is 1. The summed E-state index contributed by atoms with van der Waals surface area (Å²) in [6.45, 7) is 0. The summed E-state index contributed by atoms with van der Waals surface area (Å²) in [6, 6.07) is 13.5. The Kier molecular flexibility index (Phi) is 3.90. The number of hydrogen-bond donors (Lipinski definition) is 1. The Morgan fingerprint density at radius 3 is 2.75 bits per heavy atom. The Labute approximate surface area is 120 Å². The molecule has 0 aliphatic carbocycles. The standard InChI is InChI=1S/C15H14N2O2S/c18-13(11-5-2-1-3-6-11)10-15-16-14(17-19-15)9-12-7-4-8-20-12/h1-8,13,18H,9-10H2. The minimum atomic E-state index is -0.619. The molecule has 0 bridgehead atoms. The highest BCUT2D eigenvalue weighted by molar-refractivity contribution is 7.09. The van der Waals surface area contributed by atoms with Crippen molar-refractivity contribution in [3.8, 4) is 0 Å². The lowest BCUT2D eigenvalue weighted by atomic mass is 10.1. The summed E-state index contributed by atoms with van der Waals surface area (Å²) in [5.74, 6) is 1.12. The lowest BCUT2D eigenvalue weighted by Crippen LogP contribution is -2.02. The Balaban J connectivity index is 1.65. The van der Waals surface area contributed by atoms with Crippen molar-refractivity contribution >= 4 is 11.3 Å². The van der Waals surface area contributed by atoms with Crippen LogP contribution in [0.4, 0.5) is 0 Å². The highest BCUT2D eigenvalue weighted by Gasteiger charge is 2.14. The van der Waals surface area contributed by atoms with Crippen LogP contribution in [0.1, 0.15) is 28.3 Å². The zero-order valence-corrected chi connectivity index (χ0v) is 11.6. The van der Waals surface area contributed by atoms with Gasteiger partial charge in [-0.2, -0.15) is 4.98 Å². The van der Waals surface area contributed by atoms with E-state index < -0.39 is 6.10 Å². The molecule has 0 amide bonds. The molecule has 1 atom stereocenters. The van der Waals surface area contributed by atoms with E-state index in [1.807, 2.05) is 47.8 Å². The van der Waals surface area contributed by atoms with Crippen LogP contribution in [0.2, 0.25) is 0 Å². The maximum Gasteiger partial charge on any atom is 0.229 e. The molecule has 0 spiro atoms. The van der Waals surface area contributed by atoms with Gasteiger partial charge in [0.25, 0.3) is 0 Å². The van der Waals surface area contributed by atoms with Crippen molar-refractivity contribution in [1.29, 1.82) is 0 Å². The zero-order valence-electron chi connectivity index (χ0n) is 10.8. The smallest absolute Gasteiger partial charge is 0.229 e. The zero-order chi connectivity index (χ0) is 13.8. The van der Waals surface area contributed by atoms with Gasteiger partial charge in [0, 0.05) is 11.3 Å². The molecular formula is C15H14N2O2S. The average Bonchev–Trinajstić information content (AvgIpc) is 3.12. The van der Waals surface area contributed by atoms with E-state index in [1.54, 1.807) is 11.3 Å². The number of aliphatic hydroxyl groups is 1. The highest BCUT2D eigenvalue weighted by Crippen LogP contribution is 2.18. The molecule has 20 heavy (non-hydrogen) atoms. The number of rotatable bonds is 5. The molecule has 0 saturated heterocycles.